The Morgan fingerprint density at radius 2 is 1.74 bits per heavy atom. The molecule has 1 saturated heterocycles. The molecular weight excluding hydrogens is 434 g/mol. The van der Waals surface area contributed by atoms with E-state index in [4.69, 9.17) is 19.4 Å². The topological polar surface area (TPSA) is 109 Å². The molecule has 1 fully saturated rings. The van der Waals surface area contributed by atoms with Gasteiger partial charge >= 0.3 is 6.09 Å². The van der Waals surface area contributed by atoms with E-state index in [0.29, 0.717) is 49.5 Å². The maximum Gasteiger partial charge on any atom is 0.410 e. The van der Waals surface area contributed by atoms with Crippen molar-refractivity contribution in [1.29, 1.82) is 0 Å². The van der Waals surface area contributed by atoms with Crippen molar-refractivity contribution in [2.24, 2.45) is 0 Å². The van der Waals surface area contributed by atoms with Crippen molar-refractivity contribution in [2.45, 2.75) is 54.1 Å². The lowest BCUT2D eigenvalue weighted by molar-refractivity contribution is 0.0240. The first-order chi connectivity index (χ1) is 16.2. The van der Waals surface area contributed by atoms with Crippen LogP contribution in [0.4, 0.5) is 10.7 Å². The molecule has 0 radical (unpaired) electrons. The van der Waals surface area contributed by atoms with E-state index in [0.717, 1.165) is 22.3 Å². The summed E-state index contributed by atoms with van der Waals surface area (Å²) in [5.74, 6) is 1.76. The maximum absolute atomic E-state index is 12.3. The summed E-state index contributed by atoms with van der Waals surface area (Å²) in [4.78, 5) is 37.8. The van der Waals surface area contributed by atoms with E-state index in [2.05, 4.69) is 19.9 Å². The lowest BCUT2D eigenvalue weighted by Gasteiger charge is -2.35. The molecule has 3 aromatic heterocycles. The van der Waals surface area contributed by atoms with Gasteiger partial charge in [0.1, 0.15) is 16.9 Å². The molecule has 0 bridgehead atoms. The van der Waals surface area contributed by atoms with Gasteiger partial charge in [-0.2, -0.15) is 4.98 Å². The third-order valence-corrected chi connectivity index (χ3v) is 5.29. The van der Waals surface area contributed by atoms with Gasteiger partial charge in [0, 0.05) is 32.4 Å². The second-order valence-electron chi connectivity index (χ2n) is 8.86. The molecule has 1 aliphatic rings. The van der Waals surface area contributed by atoms with E-state index in [1.807, 2.05) is 54.5 Å². The van der Waals surface area contributed by atoms with Gasteiger partial charge in [0.15, 0.2) is 5.65 Å². The number of carbonyl (C=O) groups is 1. The SMILES string of the molecule is CC.COc1nccc(C)c1-c1nc2nc(N3CCN(C(=O)OC(C)(C)C)CC3)nc(C)c2[nH]1. The third-order valence-electron chi connectivity index (χ3n) is 5.29. The minimum Gasteiger partial charge on any atom is -0.480 e. The molecule has 3 aromatic rings. The molecule has 10 nitrogen and oxygen atoms in total. The Balaban J connectivity index is 0.00000158. The monoisotopic (exact) mass is 469 g/mol. The Kier molecular flexibility index (Phi) is 7.58. The average Bonchev–Trinajstić information content (AvgIpc) is 3.23. The van der Waals surface area contributed by atoms with Crippen molar-refractivity contribution in [1.82, 2.24) is 29.8 Å². The number of aryl methyl sites for hydroxylation is 2. The fraction of sp³-hybridized carbons (Fsp3) is 0.542. The van der Waals surface area contributed by atoms with Gasteiger partial charge in [0.05, 0.1) is 18.4 Å². The number of pyridine rings is 1. The van der Waals surface area contributed by atoms with Gasteiger partial charge in [-0.25, -0.2) is 19.7 Å². The van der Waals surface area contributed by atoms with Crippen molar-refractivity contribution in [3.8, 4) is 17.3 Å². The zero-order chi connectivity index (χ0) is 25.0. The molecule has 0 unspecified atom stereocenters. The summed E-state index contributed by atoms with van der Waals surface area (Å²) in [6.45, 7) is 15.9. The van der Waals surface area contributed by atoms with Crippen LogP contribution in [0, 0.1) is 13.8 Å². The van der Waals surface area contributed by atoms with Crippen LogP contribution in [0.5, 0.6) is 5.88 Å². The van der Waals surface area contributed by atoms with E-state index >= 15 is 0 Å². The Labute approximate surface area is 200 Å². The molecule has 0 aliphatic carbocycles. The van der Waals surface area contributed by atoms with Crippen molar-refractivity contribution >= 4 is 23.2 Å². The molecule has 0 aromatic carbocycles. The molecule has 1 N–H and O–H groups in total. The number of ether oxygens (including phenoxy) is 2. The van der Waals surface area contributed by atoms with E-state index in [9.17, 15) is 4.79 Å². The van der Waals surface area contributed by atoms with Crippen LogP contribution in [0.25, 0.3) is 22.6 Å². The molecule has 0 atom stereocenters. The summed E-state index contributed by atoms with van der Waals surface area (Å²) >= 11 is 0. The number of imidazole rings is 1. The number of hydrogen-bond acceptors (Lipinski definition) is 8. The molecular formula is C24H35N7O3. The number of hydrogen-bond donors (Lipinski definition) is 1. The first-order valence-electron chi connectivity index (χ1n) is 11.6. The van der Waals surface area contributed by atoms with Gasteiger partial charge < -0.3 is 24.3 Å². The number of methoxy groups -OCH3 is 1. The number of nitrogens with one attached hydrogen (secondary N) is 1. The second-order valence-corrected chi connectivity index (χ2v) is 8.86. The molecule has 4 rings (SSSR count). The Hall–Kier alpha value is -3.43. The van der Waals surface area contributed by atoms with E-state index in [1.165, 1.54) is 0 Å². The van der Waals surface area contributed by atoms with Crippen molar-refractivity contribution in [3.05, 3.63) is 23.5 Å². The van der Waals surface area contributed by atoms with Gasteiger partial charge in [-0.15, -0.1) is 0 Å². The predicted molar refractivity (Wildman–Crippen MR) is 132 cm³/mol. The summed E-state index contributed by atoms with van der Waals surface area (Å²) in [5, 5.41) is 0. The second kappa shape index (κ2) is 10.2. The molecule has 10 heteroatoms. The van der Waals surface area contributed by atoms with Gasteiger partial charge in [0.25, 0.3) is 0 Å². The fourth-order valence-electron chi connectivity index (χ4n) is 3.67. The molecule has 1 aliphatic heterocycles. The highest BCUT2D eigenvalue weighted by atomic mass is 16.6. The van der Waals surface area contributed by atoms with Crippen LogP contribution in [-0.4, -0.2) is 74.8 Å². The van der Waals surface area contributed by atoms with Crippen LogP contribution in [-0.2, 0) is 4.74 Å². The maximum atomic E-state index is 12.3. The highest BCUT2D eigenvalue weighted by Gasteiger charge is 2.27. The summed E-state index contributed by atoms with van der Waals surface area (Å²) in [5.41, 5.74) is 3.47. The fourth-order valence-corrected chi connectivity index (χ4v) is 3.67. The third kappa shape index (κ3) is 5.37. The van der Waals surface area contributed by atoms with Gasteiger partial charge in [0.2, 0.25) is 11.8 Å². The number of anilines is 1. The van der Waals surface area contributed by atoms with E-state index < -0.39 is 5.60 Å². The van der Waals surface area contributed by atoms with Crippen LogP contribution in [0.3, 0.4) is 0 Å². The quantitative estimate of drug-likeness (QED) is 0.610. The van der Waals surface area contributed by atoms with Crippen LogP contribution in [0.2, 0.25) is 0 Å². The van der Waals surface area contributed by atoms with Gasteiger partial charge in [-0.1, -0.05) is 13.8 Å². The number of nitrogens with zero attached hydrogens (tertiary/aromatic N) is 6. The summed E-state index contributed by atoms with van der Waals surface area (Å²) in [7, 11) is 1.59. The molecule has 184 valence electrons. The zero-order valence-corrected chi connectivity index (χ0v) is 21.4. The van der Waals surface area contributed by atoms with E-state index in [-0.39, 0.29) is 6.09 Å². The highest BCUT2D eigenvalue weighted by molar-refractivity contribution is 5.81. The molecule has 4 heterocycles. The number of rotatable bonds is 3. The lowest BCUT2D eigenvalue weighted by Crippen LogP contribution is -2.50. The first kappa shape index (κ1) is 25.2. The minimum absolute atomic E-state index is 0.289. The standard InChI is InChI=1S/C22H29N7O3.C2H6/c1-13-7-8-23-19(31-6)15(13)17-25-16-14(2)24-20(27-18(16)26-17)28-9-11-29(12-10-28)21(30)32-22(3,4)5;1-2/h7-8H,9-12H2,1-6H3,(H,24,25,26,27);1-2H3. The smallest absolute Gasteiger partial charge is 0.410 e. The van der Waals surface area contributed by atoms with Crippen LogP contribution in [0.15, 0.2) is 12.3 Å². The zero-order valence-electron chi connectivity index (χ0n) is 21.4. The molecule has 34 heavy (non-hydrogen) atoms. The van der Waals surface area contributed by atoms with Crippen LogP contribution >= 0.6 is 0 Å². The lowest BCUT2D eigenvalue weighted by atomic mass is 10.1. The normalized spacial score (nSPS) is 14.0. The predicted octanol–water partition coefficient (Wildman–Crippen LogP) is 4.12. The number of aromatic amines is 1. The summed E-state index contributed by atoms with van der Waals surface area (Å²) in [6, 6.07) is 1.92. The first-order valence-corrected chi connectivity index (χ1v) is 11.6. The van der Waals surface area contributed by atoms with Crippen LogP contribution in [0.1, 0.15) is 45.9 Å². The minimum atomic E-state index is -0.507. The number of piperazine rings is 1. The van der Waals surface area contributed by atoms with Crippen molar-refractivity contribution < 1.29 is 14.3 Å². The Morgan fingerprint density at radius 1 is 1.06 bits per heavy atom. The van der Waals surface area contributed by atoms with Gasteiger partial charge in [-0.05, 0) is 46.2 Å². The Morgan fingerprint density at radius 3 is 2.35 bits per heavy atom. The number of carbonyl (C=O) groups excluding carboxylic acids is 1. The largest absolute Gasteiger partial charge is 0.480 e. The van der Waals surface area contributed by atoms with E-state index in [1.54, 1.807) is 18.2 Å². The van der Waals surface area contributed by atoms with Crippen molar-refractivity contribution in [3.63, 3.8) is 0 Å². The Bertz CT molecular complexity index is 1150. The number of amides is 1. The summed E-state index contributed by atoms with van der Waals surface area (Å²) < 4.78 is 10.9. The molecule has 0 saturated carbocycles. The molecule has 0 spiro atoms. The number of H-pyrrole nitrogens is 1. The highest BCUT2D eigenvalue weighted by Crippen LogP contribution is 2.31. The number of fused-ring (bicyclic) bond motifs is 1. The average molecular weight is 470 g/mol. The number of aromatic nitrogens is 5. The summed E-state index contributed by atoms with van der Waals surface area (Å²) in [6.07, 6.45) is 1.42. The van der Waals surface area contributed by atoms with Gasteiger partial charge in [-0.3, -0.25) is 0 Å². The van der Waals surface area contributed by atoms with Crippen LogP contribution < -0.4 is 9.64 Å². The van der Waals surface area contributed by atoms with Crippen molar-refractivity contribution in [2.75, 3.05) is 38.2 Å². The molecule has 1 amide bonds.